The van der Waals surface area contributed by atoms with E-state index in [9.17, 15) is 24.9 Å². The van der Waals surface area contributed by atoms with Crippen molar-refractivity contribution < 1.29 is 38.2 Å². The number of aliphatic hydroxyl groups excluding tert-OH is 2. The molecule has 56 heavy (non-hydrogen) atoms. The van der Waals surface area contributed by atoms with E-state index in [0.717, 1.165) is 19.3 Å². The van der Waals surface area contributed by atoms with E-state index in [2.05, 4.69) is 27.2 Å². The number of hydrogen-bond acceptors (Lipinski definition) is 12. The quantitative estimate of drug-likeness (QED) is 0.0273. The number of anilines is 2. The highest BCUT2D eigenvalue weighted by atomic mass is 31.2. The van der Waals surface area contributed by atoms with Crippen molar-refractivity contribution in [1.82, 2.24) is 14.6 Å². The van der Waals surface area contributed by atoms with Crippen molar-refractivity contribution in [3.05, 3.63) is 59.8 Å². The smallest absolute Gasteiger partial charge is 0.387 e. The molecule has 1 aliphatic heterocycles. The number of aliphatic hydroxyl groups is 2. The molecule has 1 unspecified atom stereocenters. The number of rotatable bonds is 28. The van der Waals surface area contributed by atoms with Crippen LogP contribution in [-0.2, 0) is 28.7 Å². The molecule has 0 amide bonds. The number of ether oxygens (including phenoxy) is 2. The summed E-state index contributed by atoms with van der Waals surface area (Å²) in [5, 5.41) is 39.2. The predicted molar refractivity (Wildman–Crippen MR) is 214 cm³/mol. The third kappa shape index (κ3) is 13.5. The molecule has 1 saturated heterocycles. The van der Waals surface area contributed by atoms with Crippen LogP contribution in [-0.4, -0.2) is 80.5 Å². The number of hydrogen-bond donors (Lipinski definition) is 5. The Balaban J connectivity index is 1.18. The molecule has 3 aromatic rings. The Kier molecular flexibility index (Phi) is 19.0. The van der Waals surface area contributed by atoms with Crippen molar-refractivity contribution in [2.75, 3.05) is 37.5 Å². The summed E-state index contributed by atoms with van der Waals surface area (Å²) >= 11 is 0. The Morgan fingerprint density at radius 2 is 1.64 bits per heavy atom. The van der Waals surface area contributed by atoms with Gasteiger partial charge < -0.3 is 35.6 Å². The number of nitrogen functional groups attached to an aromatic ring is 1. The summed E-state index contributed by atoms with van der Waals surface area (Å²) in [5.74, 6) is 0.128. The molecule has 308 valence electrons. The lowest BCUT2D eigenvalue weighted by atomic mass is 9.92. The lowest BCUT2D eigenvalue weighted by Crippen LogP contribution is -2.41. The molecule has 0 aliphatic carbocycles. The Morgan fingerprint density at radius 1 is 1.00 bits per heavy atom. The van der Waals surface area contributed by atoms with Crippen LogP contribution in [0.2, 0.25) is 0 Å². The molecule has 0 saturated carbocycles. The highest BCUT2D eigenvalue weighted by molar-refractivity contribution is 7.47. The van der Waals surface area contributed by atoms with Gasteiger partial charge in [0, 0.05) is 12.3 Å². The van der Waals surface area contributed by atoms with E-state index in [1.165, 1.54) is 100 Å². The number of benzene rings is 1. The van der Waals surface area contributed by atoms with Gasteiger partial charge in [0.25, 0.3) is 0 Å². The molecule has 6 N–H and O–H groups in total. The first-order valence-corrected chi connectivity index (χ1v) is 21.6. The normalized spacial score (nSPS) is 21.1. The third-order valence-corrected chi connectivity index (χ3v) is 11.1. The number of nitriles is 1. The monoisotopic (exact) mass is 797 g/mol. The van der Waals surface area contributed by atoms with Crippen LogP contribution in [0.5, 0.6) is 0 Å². The first-order valence-electron chi connectivity index (χ1n) is 20.1. The van der Waals surface area contributed by atoms with Crippen molar-refractivity contribution >= 4 is 30.5 Å². The molecule has 16 heteroatoms. The second-order valence-electron chi connectivity index (χ2n) is 14.5. The van der Waals surface area contributed by atoms with Crippen LogP contribution >= 0.6 is 7.82 Å². The van der Waals surface area contributed by atoms with Crippen molar-refractivity contribution in [2.24, 2.45) is 0 Å². The summed E-state index contributed by atoms with van der Waals surface area (Å²) in [5.41, 5.74) is 5.29. The number of fused-ring (bicyclic) bond motifs is 1. The minimum Gasteiger partial charge on any atom is -0.387 e. The molecule has 1 aliphatic rings. The van der Waals surface area contributed by atoms with Crippen LogP contribution in [0, 0.1) is 17.9 Å². The number of unbranched alkanes of at least 4 members (excludes halogenated alkanes) is 15. The summed E-state index contributed by atoms with van der Waals surface area (Å²) in [7, 11) is -4.74. The maximum absolute atomic E-state index is 13.0. The van der Waals surface area contributed by atoms with E-state index in [-0.39, 0.29) is 24.7 Å². The van der Waals surface area contributed by atoms with Crippen LogP contribution in [0.4, 0.5) is 17.2 Å². The molecule has 1 aromatic carbocycles. The van der Waals surface area contributed by atoms with E-state index in [1.54, 1.807) is 30.3 Å². The highest BCUT2D eigenvalue weighted by Gasteiger charge is 2.58. The van der Waals surface area contributed by atoms with Gasteiger partial charge in [-0.3, -0.25) is 9.05 Å². The minimum absolute atomic E-state index is 0.0809. The lowest BCUT2D eigenvalue weighted by molar-refractivity contribution is -0.0644. The fraction of sp³-hybridized carbons (Fsp3) is 0.650. The van der Waals surface area contributed by atoms with Gasteiger partial charge in [-0.1, -0.05) is 115 Å². The van der Waals surface area contributed by atoms with Crippen LogP contribution in [0.3, 0.4) is 0 Å². The number of nitrogens with two attached hydrogens (primary N) is 1. The summed E-state index contributed by atoms with van der Waals surface area (Å²) in [4.78, 5) is 18.0. The van der Waals surface area contributed by atoms with Crippen LogP contribution in [0.15, 0.2) is 42.7 Å². The number of nitrogens with zero attached hydrogens (tertiary/aromatic N) is 5. The van der Waals surface area contributed by atoms with E-state index < -0.39 is 44.4 Å². The fourth-order valence-electron chi connectivity index (χ4n) is 6.95. The molecule has 4 rings (SSSR count). The first kappa shape index (κ1) is 45.1. The SMILES string of the molecule is [C-]#[N+]c1cccc(N[C@H](COCCCCCCCCCCCCCCCCCC)COP(=O)(O)OC[C@H]2O[C@@](C#N)(c3ccc4c(N)ncnn34)[C@H](O)[C@@H]2O)c1. The molecule has 0 bridgehead atoms. The van der Waals surface area contributed by atoms with Crippen molar-refractivity contribution in [3.8, 4) is 6.07 Å². The average molecular weight is 798 g/mol. The zero-order chi connectivity index (χ0) is 40.2. The predicted octanol–water partition coefficient (Wildman–Crippen LogP) is 7.59. The van der Waals surface area contributed by atoms with Gasteiger partial charge in [0.15, 0.2) is 11.5 Å². The maximum atomic E-state index is 13.0. The zero-order valence-corrected chi connectivity index (χ0v) is 33.5. The molecule has 1 fully saturated rings. The fourth-order valence-corrected chi connectivity index (χ4v) is 7.73. The van der Waals surface area contributed by atoms with Gasteiger partial charge in [0.2, 0.25) is 5.60 Å². The van der Waals surface area contributed by atoms with E-state index >= 15 is 0 Å². The first-order chi connectivity index (χ1) is 27.1. The number of nitrogens with one attached hydrogen (secondary N) is 1. The maximum Gasteiger partial charge on any atom is 0.472 e. The highest BCUT2D eigenvalue weighted by Crippen LogP contribution is 2.46. The Hall–Kier alpha value is -3.63. The van der Waals surface area contributed by atoms with Gasteiger partial charge in [-0.05, 0) is 30.7 Å². The molecule has 6 atom stereocenters. The number of phosphoric acid groups is 1. The molecular formula is C40H60N7O8P. The van der Waals surface area contributed by atoms with Gasteiger partial charge in [0.05, 0.1) is 38.1 Å². The molecule has 0 radical (unpaired) electrons. The molecular weight excluding hydrogens is 737 g/mol. The molecule has 2 aromatic heterocycles. The molecule has 0 spiro atoms. The van der Waals surface area contributed by atoms with Gasteiger partial charge in [-0.25, -0.2) is 18.9 Å². The second kappa shape index (κ2) is 23.6. The van der Waals surface area contributed by atoms with Crippen molar-refractivity contribution in [3.63, 3.8) is 0 Å². The lowest BCUT2D eigenvalue weighted by Gasteiger charge is -2.24. The van der Waals surface area contributed by atoms with Crippen molar-refractivity contribution in [2.45, 2.75) is 140 Å². The standard InChI is InChI=1S/C40H60N7O8P/c1-3-4-5-6-7-8-9-10-11-12-13-14-15-16-17-18-24-52-26-33(46-32-21-19-20-31(25-32)43-2)27-53-56(50,51)54-28-35-37(48)38(49)40(29-41,55-35)36-23-22-34-39(42)44-30-45-47(34)36/h19-23,25,30,33,35,37-38,46,48-49H,3-18,24,26-28H2,1H3,(H,50,51)(H2,42,44,45)/t33-,35-,37-,38-,40+/m1/s1. The third-order valence-electron chi connectivity index (χ3n) is 10.1. The Labute approximate surface area is 330 Å². The van der Waals surface area contributed by atoms with Crippen LogP contribution in [0.25, 0.3) is 10.4 Å². The average Bonchev–Trinajstić information content (AvgIpc) is 3.75. The Morgan fingerprint density at radius 3 is 2.27 bits per heavy atom. The summed E-state index contributed by atoms with van der Waals surface area (Å²) < 4.78 is 36.6. The van der Waals surface area contributed by atoms with Gasteiger partial charge in [-0.15, -0.1) is 0 Å². The van der Waals surface area contributed by atoms with Crippen LogP contribution < -0.4 is 11.1 Å². The van der Waals surface area contributed by atoms with Gasteiger partial charge in [-0.2, -0.15) is 10.4 Å². The number of aromatic nitrogens is 3. The molecule has 15 nitrogen and oxygen atoms in total. The largest absolute Gasteiger partial charge is 0.472 e. The summed E-state index contributed by atoms with van der Waals surface area (Å²) in [6.45, 7) is 9.27. The van der Waals surface area contributed by atoms with Crippen molar-refractivity contribution in [1.29, 1.82) is 5.26 Å². The summed E-state index contributed by atoms with van der Waals surface area (Å²) in [6.07, 6.45) is 16.8. The zero-order valence-electron chi connectivity index (χ0n) is 32.6. The second-order valence-corrected chi connectivity index (χ2v) is 16.0. The van der Waals surface area contributed by atoms with Gasteiger partial charge in [0.1, 0.15) is 36.2 Å². The minimum atomic E-state index is -4.74. The Bertz CT molecular complexity index is 1750. The number of phosphoric ester groups is 1. The van der Waals surface area contributed by atoms with E-state index in [4.69, 9.17) is 30.8 Å². The van der Waals surface area contributed by atoms with E-state index in [1.807, 2.05) is 6.07 Å². The van der Waals surface area contributed by atoms with E-state index in [0.29, 0.717) is 23.5 Å². The summed E-state index contributed by atoms with van der Waals surface area (Å²) in [6, 6.07) is 11.2. The molecule has 3 heterocycles. The van der Waals surface area contributed by atoms with Gasteiger partial charge >= 0.3 is 7.82 Å². The van der Waals surface area contributed by atoms with Crippen LogP contribution in [0.1, 0.15) is 115 Å². The topological polar surface area (TPSA) is 211 Å².